The Bertz CT molecular complexity index is 1100. The summed E-state index contributed by atoms with van der Waals surface area (Å²) in [6, 6.07) is 1.12. The molecule has 0 aromatic carbocycles. The topological polar surface area (TPSA) is 195 Å². The Kier molecular flexibility index (Phi) is 21.9. The van der Waals surface area contributed by atoms with Crippen LogP contribution in [-0.2, 0) is 18.3 Å². The number of unbranched alkanes of at least 4 members (excludes halogenated alkanes) is 13. The molecule has 0 saturated carbocycles. The number of aliphatic hydroxyl groups excluding tert-OH is 2. The zero-order chi connectivity index (χ0) is 34.3. The number of aromatic amines is 1. The first-order valence-corrected chi connectivity index (χ1v) is 19.8. The molecule has 0 spiro atoms. The number of nitrogens with two attached hydrogens (primary N) is 2. The van der Waals surface area contributed by atoms with Crippen molar-refractivity contribution in [2.24, 2.45) is 11.5 Å². The van der Waals surface area contributed by atoms with Crippen molar-refractivity contribution < 1.29 is 28.6 Å². The summed E-state index contributed by atoms with van der Waals surface area (Å²) in [6.07, 6.45) is 15.0. The predicted molar refractivity (Wildman–Crippen MR) is 186 cm³/mol. The van der Waals surface area contributed by atoms with Crippen LogP contribution in [0.1, 0.15) is 116 Å². The van der Waals surface area contributed by atoms with E-state index < -0.39 is 43.4 Å². The van der Waals surface area contributed by atoms with Gasteiger partial charge in [-0.2, -0.15) is 0 Å². The quantitative estimate of drug-likeness (QED) is 0.0605. The standard InChI is InChI=1S/C33H64N5O8P/c1-2-3-4-5-6-7-8-9-10-11-12-13-14-15-25-44-47(43,26-24-37(21-16-19-34)22-17-20-35)45-27-28-30(40)31(41)32(46-28)38-23-18-29(39)36-33(38)42/h18,23,28,30-32,40-41H,2-17,19-22,24-27,34-35H2,1H3,(H,36,39,42)/t28-,30-,31-,32-,47?/m1/s1. The van der Waals surface area contributed by atoms with Crippen LogP contribution in [0.2, 0.25) is 0 Å². The number of hydrogen-bond donors (Lipinski definition) is 5. The van der Waals surface area contributed by atoms with Gasteiger partial charge in [-0.1, -0.05) is 90.4 Å². The molecule has 7 N–H and O–H groups in total. The van der Waals surface area contributed by atoms with Gasteiger partial charge in [0.1, 0.15) is 18.3 Å². The second-order valence-electron chi connectivity index (χ2n) is 12.7. The molecular weight excluding hydrogens is 625 g/mol. The molecule has 1 saturated heterocycles. The number of nitrogens with zero attached hydrogens (tertiary/aromatic N) is 2. The lowest BCUT2D eigenvalue weighted by Gasteiger charge is -2.26. The summed E-state index contributed by atoms with van der Waals surface area (Å²) in [6.45, 7) is 5.25. The molecule has 0 aliphatic carbocycles. The fourth-order valence-corrected chi connectivity index (χ4v) is 7.45. The van der Waals surface area contributed by atoms with Crippen molar-refractivity contribution in [3.63, 3.8) is 0 Å². The first-order valence-electron chi connectivity index (χ1n) is 18.1. The Morgan fingerprint density at radius 1 is 0.830 bits per heavy atom. The van der Waals surface area contributed by atoms with E-state index in [-0.39, 0.29) is 19.4 Å². The minimum absolute atomic E-state index is 0.134. The lowest BCUT2D eigenvalue weighted by Crippen LogP contribution is -2.37. The van der Waals surface area contributed by atoms with Crippen molar-refractivity contribution in [2.75, 3.05) is 52.1 Å². The van der Waals surface area contributed by atoms with Gasteiger partial charge in [0.05, 0.1) is 19.4 Å². The second kappa shape index (κ2) is 24.7. The number of H-pyrrole nitrogens is 1. The minimum Gasteiger partial charge on any atom is -0.387 e. The third-order valence-electron chi connectivity index (χ3n) is 8.73. The van der Waals surface area contributed by atoms with Crippen LogP contribution in [0.5, 0.6) is 0 Å². The van der Waals surface area contributed by atoms with E-state index >= 15 is 0 Å². The Morgan fingerprint density at radius 2 is 1.38 bits per heavy atom. The van der Waals surface area contributed by atoms with Crippen LogP contribution in [0.4, 0.5) is 0 Å². The molecule has 14 heteroatoms. The molecule has 0 amide bonds. The van der Waals surface area contributed by atoms with Gasteiger partial charge in [-0.25, -0.2) is 4.79 Å². The van der Waals surface area contributed by atoms with E-state index in [0.717, 1.165) is 55.8 Å². The average Bonchev–Trinajstić information content (AvgIpc) is 3.34. The van der Waals surface area contributed by atoms with E-state index in [1.165, 1.54) is 76.8 Å². The van der Waals surface area contributed by atoms with Gasteiger partial charge < -0.3 is 40.4 Å². The summed E-state index contributed by atoms with van der Waals surface area (Å²) in [5, 5.41) is 21.2. The Balaban J connectivity index is 1.84. The van der Waals surface area contributed by atoms with Crippen molar-refractivity contribution in [1.29, 1.82) is 0 Å². The van der Waals surface area contributed by atoms with Crippen molar-refractivity contribution in [2.45, 2.75) is 134 Å². The maximum Gasteiger partial charge on any atom is 0.332 e. The molecule has 5 atom stereocenters. The number of aliphatic hydroxyl groups is 2. The first-order chi connectivity index (χ1) is 22.7. The van der Waals surface area contributed by atoms with Crippen LogP contribution < -0.4 is 22.7 Å². The van der Waals surface area contributed by atoms with Crippen LogP contribution in [-0.4, -0.2) is 95.1 Å². The molecular formula is C33H64N5O8P. The van der Waals surface area contributed by atoms with E-state index in [0.29, 0.717) is 19.6 Å². The van der Waals surface area contributed by atoms with Gasteiger partial charge in [0, 0.05) is 18.8 Å². The number of ether oxygens (including phenoxy) is 1. The van der Waals surface area contributed by atoms with Gasteiger partial charge in [0.15, 0.2) is 6.23 Å². The summed E-state index contributed by atoms with van der Waals surface area (Å²) in [7, 11) is -3.62. The number of hydrogen-bond acceptors (Lipinski definition) is 11. The van der Waals surface area contributed by atoms with Gasteiger partial charge in [-0.3, -0.25) is 18.9 Å². The highest BCUT2D eigenvalue weighted by Gasteiger charge is 2.45. The molecule has 1 fully saturated rings. The molecule has 0 bridgehead atoms. The van der Waals surface area contributed by atoms with E-state index in [1.807, 2.05) is 0 Å². The zero-order valence-corrected chi connectivity index (χ0v) is 29.7. The molecule has 1 aromatic rings. The number of aromatic nitrogens is 2. The smallest absolute Gasteiger partial charge is 0.332 e. The van der Waals surface area contributed by atoms with Gasteiger partial charge in [-0.15, -0.1) is 0 Å². The average molecular weight is 690 g/mol. The molecule has 1 unspecified atom stereocenters. The third-order valence-corrected chi connectivity index (χ3v) is 10.6. The minimum atomic E-state index is -3.62. The third kappa shape index (κ3) is 16.7. The highest BCUT2D eigenvalue weighted by molar-refractivity contribution is 7.53. The molecule has 1 aromatic heterocycles. The summed E-state index contributed by atoms with van der Waals surface area (Å²) < 4.78 is 32.5. The van der Waals surface area contributed by atoms with Crippen LogP contribution in [0, 0.1) is 0 Å². The molecule has 0 radical (unpaired) electrons. The van der Waals surface area contributed by atoms with E-state index in [4.69, 9.17) is 25.3 Å². The fraction of sp³-hybridized carbons (Fsp3) is 0.879. The monoisotopic (exact) mass is 689 g/mol. The zero-order valence-electron chi connectivity index (χ0n) is 28.8. The largest absolute Gasteiger partial charge is 0.387 e. The number of nitrogens with one attached hydrogen (secondary N) is 1. The normalized spacial score (nSPS) is 21.1. The Morgan fingerprint density at radius 3 is 1.91 bits per heavy atom. The molecule has 274 valence electrons. The Labute approximate surface area is 281 Å². The maximum atomic E-state index is 14.0. The van der Waals surface area contributed by atoms with Crippen molar-refractivity contribution in [1.82, 2.24) is 14.5 Å². The van der Waals surface area contributed by atoms with E-state index in [9.17, 15) is 24.4 Å². The van der Waals surface area contributed by atoms with Crippen LogP contribution >= 0.6 is 7.60 Å². The lowest BCUT2D eigenvalue weighted by molar-refractivity contribution is -0.0531. The van der Waals surface area contributed by atoms with Gasteiger partial charge >= 0.3 is 13.3 Å². The predicted octanol–water partition coefficient (Wildman–Crippen LogP) is 3.86. The SMILES string of the molecule is CCCCCCCCCCCCCCCCOP(=O)(CCN(CCCN)CCCN)OC[C@H]1O[C@@H](n2ccc(=O)[nH]c2=O)[C@H](O)[C@@H]1O. The molecule has 2 rings (SSSR count). The van der Waals surface area contributed by atoms with Crippen molar-refractivity contribution in [3.8, 4) is 0 Å². The van der Waals surface area contributed by atoms with Crippen molar-refractivity contribution in [3.05, 3.63) is 33.1 Å². The fourth-order valence-electron chi connectivity index (χ4n) is 5.81. The van der Waals surface area contributed by atoms with E-state index in [1.54, 1.807) is 0 Å². The summed E-state index contributed by atoms with van der Waals surface area (Å²) in [5.74, 6) is 0. The second-order valence-corrected chi connectivity index (χ2v) is 14.9. The lowest BCUT2D eigenvalue weighted by atomic mass is 10.0. The first kappa shape index (κ1) is 41.8. The Hall–Kier alpha value is -1.41. The molecule has 1 aliphatic heterocycles. The summed E-state index contributed by atoms with van der Waals surface area (Å²) in [4.78, 5) is 27.9. The van der Waals surface area contributed by atoms with Crippen LogP contribution in [0.3, 0.4) is 0 Å². The van der Waals surface area contributed by atoms with Gasteiger partial charge in [0.25, 0.3) is 5.56 Å². The molecule has 13 nitrogen and oxygen atoms in total. The van der Waals surface area contributed by atoms with Gasteiger partial charge in [0.2, 0.25) is 0 Å². The summed E-state index contributed by atoms with van der Waals surface area (Å²) in [5.41, 5.74) is 10.1. The highest BCUT2D eigenvalue weighted by Crippen LogP contribution is 2.49. The molecule has 47 heavy (non-hydrogen) atoms. The van der Waals surface area contributed by atoms with Crippen LogP contribution in [0.15, 0.2) is 21.9 Å². The van der Waals surface area contributed by atoms with Crippen LogP contribution in [0.25, 0.3) is 0 Å². The molecule has 1 aliphatic rings. The van der Waals surface area contributed by atoms with Crippen molar-refractivity contribution >= 4 is 7.60 Å². The summed E-state index contributed by atoms with van der Waals surface area (Å²) >= 11 is 0. The highest BCUT2D eigenvalue weighted by atomic mass is 31.2. The maximum absolute atomic E-state index is 14.0. The van der Waals surface area contributed by atoms with E-state index in [2.05, 4.69) is 16.8 Å². The van der Waals surface area contributed by atoms with Gasteiger partial charge in [-0.05, 0) is 45.4 Å². The molecule has 2 heterocycles. The number of rotatable bonds is 29.